The maximum atomic E-state index is 8.83. The van der Waals surface area contributed by atoms with Crippen molar-refractivity contribution in [3.8, 4) is 6.07 Å². The van der Waals surface area contributed by atoms with Crippen molar-refractivity contribution in [1.29, 1.82) is 5.26 Å². The first-order valence-corrected chi connectivity index (χ1v) is 7.80. The molecule has 0 saturated carbocycles. The fraction of sp³-hybridized carbons (Fsp3) is 0.312. The molecule has 0 radical (unpaired) electrons. The van der Waals surface area contributed by atoms with Crippen molar-refractivity contribution in [3.05, 3.63) is 42.0 Å². The van der Waals surface area contributed by atoms with E-state index in [1.807, 2.05) is 31.2 Å². The van der Waals surface area contributed by atoms with Crippen LogP contribution < -0.4 is 9.80 Å². The summed E-state index contributed by atoms with van der Waals surface area (Å²) in [4.78, 5) is 8.67. The Labute approximate surface area is 139 Å². The summed E-state index contributed by atoms with van der Waals surface area (Å²) < 4.78 is 1.77. The third-order valence-electron chi connectivity index (χ3n) is 4.24. The number of aromatic nitrogens is 5. The minimum atomic E-state index is 0.444. The van der Waals surface area contributed by atoms with Gasteiger partial charge >= 0.3 is 0 Å². The monoisotopic (exact) mass is 320 g/mol. The van der Waals surface area contributed by atoms with Crippen molar-refractivity contribution in [2.45, 2.75) is 6.92 Å². The Morgan fingerprint density at radius 3 is 2.50 bits per heavy atom. The molecule has 3 aromatic rings. The van der Waals surface area contributed by atoms with Crippen LogP contribution in [0.1, 0.15) is 11.5 Å². The van der Waals surface area contributed by atoms with E-state index in [4.69, 9.17) is 5.26 Å². The number of rotatable bonds is 2. The van der Waals surface area contributed by atoms with E-state index < -0.39 is 0 Å². The molecule has 1 saturated heterocycles. The van der Waals surface area contributed by atoms with E-state index in [1.165, 1.54) is 0 Å². The van der Waals surface area contributed by atoms with Gasteiger partial charge in [0.2, 0.25) is 0 Å². The molecule has 4 rings (SSSR count). The van der Waals surface area contributed by atoms with Crippen molar-refractivity contribution in [2.75, 3.05) is 36.0 Å². The first-order valence-electron chi connectivity index (χ1n) is 7.80. The average Bonchev–Trinajstić information content (AvgIpc) is 3.02. The normalized spacial score (nSPS) is 14.8. The minimum Gasteiger partial charge on any atom is -0.367 e. The third kappa shape index (κ3) is 2.50. The van der Waals surface area contributed by atoms with Crippen LogP contribution in [0.2, 0.25) is 0 Å². The fourth-order valence-corrected chi connectivity index (χ4v) is 2.89. The molecule has 4 heterocycles. The van der Waals surface area contributed by atoms with Gasteiger partial charge in [0.25, 0.3) is 0 Å². The van der Waals surface area contributed by atoms with Gasteiger partial charge in [-0.2, -0.15) is 9.78 Å². The molecule has 0 spiro atoms. The lowest BCUT2D eigenvalue weighted by Gasteiger charge is -2.36. The van der Waals surface area contributed by atoms with Gasteiger partial charge in [0.15, 0.2) is 11.5 Å². The summed E-state index contributed by atoms with van der Waals surface area (Å²) >= 11 is 0. The predicted molar refractivity (Wildman–Crippen MR) is 88.9 cm³/mol. The quantitative estimate of drug-likeness (QED) is 0.697. The van der Waals surface area contributed by atoms with Crippen molar-refractivity contribution in [1.82, 2.24) is 24.8 Å². The molecule has 0 bridgehead atoms. The molecule has 8 nitrogen and oxygen atoms in total. The zero-order valence-corrected chi connectivity index (χ0v) is 13.3. The van der Waals surface area contributed by atoms with Crippen LogP contribution in [0.3, 0.4) is 0 Å². The SMILES string of the molecule is Cc1nnc2ccc(N3CCN(c4ccc(C#N)nc4)CC3)nn12. The van der Waals surface area contributed by atoms with Gasteiger partial charge in [-0.15, -0.1) is 15.3 Å². The van der Waals surface area contributed by atoms with Crippen LogP contribution in [0.25, 0.3) is 5.65 Å². The molecule has 120 valence electrons. The molecule has 1 aliphatic rings. The van der Waals surface area contributed by atoms with Crippen molar-refractivity contribution >= 4 is 17.2 Å². The van der Waals surface area contributed by atoms with Crippen LogP contribution >= 0.6 is 0 Å². The van der Waals surface area contributed by atoms with E-state index in [0.717, 1.165) is 49.2 Å². The largest absolute Gasteiger partial charge is 0.367 e. The van der Waals surface area contributed by atoms with Crippen LogP contribution in [0.4, 0.5) is 11.5 Å². The zero-order chi connectivity index (χ0) is 16.5. The standard InChI is InChI=1S/C16H16N8/c1-12-19-20-15-4-5-16(21-24(12)15)23-8-6-22(7-9-23)14-3-2-13(10-17)18-11-14/h2-5,11H,6-9H2,1H3. The number of anilines is 2. The number of hydrogen-bond acceptors (Lipinski definition) is 7. The molecule has 0 amide bonds. The second-order valence-corrected chi connectivity index (χ2v) is 5.70. The van der Waals surface area contributed by atoms with E-state index in [1.54, 1.807) is 16.8 Å². The highest BCUT2D eigenvalue weighted by molar-refractivity contribution is 5.50. The third-order valence-corrected chi connectivity index (χ3v) is 4.24. The summed E-state index contributed by atoms with van der Waals surface area (Å²) in [5, 5.41) is 21.6. The van der Waals surface area contributed by atoms with Crippen LogP contribution in [0.5, 0.6) is 0 Å². The molecule has 0 aliphatic carbocycles. The van der Waals surface area contributed by atoms with Gasteiger partial charge in [0.05, 0.1) is 11.9 Å². The maximum Gasteiger partial charge on any atom is 0.178 e. The topological polar surface area (TPSA) is 86.2 Å². The van der Waals surface area contributed by atoms with Gasteiger partial charge < -0.3 is 9.80 Å². The predicted octanol–water partition coefficient (Wildman–Crippen LogP) is 1.03. The highest BCUT2D eigenvalue weighted by Gasteiger charge is 2.19. The van der Waals surface area contributed by atoms with Gasteiger partial charge in [0.1, 0.15) is 17.6 Å². The highest BCUT2D eigenvalue weighted by Crippen LogP contribution is 2.19. The lowest BCUT2D eigenvalue weighted by atomic mass is 10.2. The van der Waals surface area contributed by atoms with Crippen LogP contribution in [-0.2, 0) is 0 Å². The second-order valence-electron chi connectivity index (χ2n) is 5.70. The van der Waals surface area contributed by atoms with Crippen LogP contribution in [0, 0.1) is 18.3 Å². The van der Waals surface area contributed by atoms with Crippen molar-refractivity contribution < 1.29 is 0 Å². The van der Waals surface area contributed by atoms with E-state index >= 15 is 0 Å². The second kappa shape index (κ2) is 5.77. The van der Waals surface area contributed by atoms with Crippen molar-refractivity contribution in [2.24, 2.45) is 0 Å². The Morgan fingerprint density at radius 1 is 1.00 bits per heavy atom. The summed E-state index contributed by atoms with van der Waals surface area (Å²) in [7, 11) is 0. The number of pyridine rings is 1. The molecule has 1 aliphatic heterocycles. The molecular weight excluding hydrogens is 304 g/mol. The summed E-state index contributed by atoms with van der Waals surface area (Å²) in [5.41, 5.74) is 2.25. The number of hydrogen-bond donors (Lipinski definition) is 0. The number of nitriles is 1. The minimum absolute atomic E-state index is 0.444. The van der Waals surface area contributed by atoms with Gasteiger partial charge in [-0.05, 0) is 31.2 Å². The number of nitrogens with zero attached hydrogens (tertiary/aromatic N) is 8. The van der Waals surface area contributed by atoms with E-state index in [-0.39, 0.29) is 0 Å². The van der Waals surface area contributed by atoms with Crippen LogP contribution in [-0.4, -0.2) is 51.0 Å². The van der Waals surface area contributed by atoms with Gasteiger partial charge in [-0.25, -0.2) is 4.98 Å². The van der Waals surface area contributed by atoms with E-state index in [9.17, 15) is 0 Å². The maximum absolute atomic E-state index is 8.83. The molecule has 8 heteroatoms. The Kier molecular flexibility index (Phi) is 3.46. The summed E-state index contributed by atoms with van der Waals surface area (Å²) in [6.07, 6.45) is 1.76. The molecule has 24 heavy (non-hydrogen) atoms. The Morgan fingerprint density at radius 2 is 1.79 bits per heavy atom. The summed E-state index contributed by atoms with van der Waals surface area (Å²) in [5.74, 6) is 1.72. The highest BCUT2D eigenvalue weighted by atomic mass is 15.4. The molecule has 0 unspecified atom stereocenters. The first kappa shape index (κ1) is 14.4. The Balaban J connectivity index is 1.48. The first-order chi connectivity index (χ1) is 11.7. The van der Waals surface area contributed by atoms with Gasteiger partial charge in [-0.1, -0.05) is 0 Å². The number of piperazine rings is 1. The Hall–Kier alpha value is -3.21. The average molecular weight is 320 g/mol. The van der Waals surface area contributed by atoms with Crippen molar-refractivity contribution in [3.63, 3.8) is 0 Å². The Bertz CT molecular complexity index is 900. The lowest BCUT2D eigenvalue weighted by Crippen LogP contribution is -2.47. The molecule has 0 atom stereocenters. The molecule has 3 aromatic heterocycles. The van der Waals surface area contributed by atoms with Crippen LogP contribution in [0.15, 0.2) is 30.5 Å². The van der Waals surface area contributed by atoms with E-state index in [2.05, 4.69) is 30.1 Å². The van der Waals surface area contributed by atoms with Gasteiger partial charge in [-0.3, -0.25) is 0 Å². The molecule has 0 N–H and O–H groups in total. The molecular formula is C16H16N8. The van der Waals surface area contributed by atoms with E-state index in [0.29, 0.717) is 5.69 Å². The fourth-order valence-electron chi connectivity index (χ4n) is 2.89. The number of aryl methyl sites for hydroxylation is 1. The lowest BCUT2D eigenvalue weighted by molar-refractivity contribution is 0.640. The van der Waals surface area contributed by atoms with Gasteiger partial charge in [0, 0.05) is 26.2 Å². The summed E-state index contributed by atoms with van der Waals surface area (Å²) in [6.45, 7) is 5.41. The summed E-state index contributed by atoms with van der Waals surface area (Å²) in [6, 6.07) is 9.68. The molecule has 0 aromatic carbocycles. The molecule has 1 fully saturated rings. The number of fused-ring (bicyclic) bond motifs is 1. The zero-order valence-electron chi connectivity index (χ0n) is 13.3. The smallest absolute Gasteiger partial charge is 0.178 e.